The number of anilines is 1. The Morgan fingerprint density at radius 2 is 1.93 bits per heavy atom. The number of carbonyl (C=O) groups is 1. The normalized spacial score (nSPS) is 12.9. The van der Waals surface area contributed by atoms with Gasteiger partial charge in [-0.15, -0.1) is 0 Å². The molecule has 0 saturated carbocycles. The first-order valence-electron chi connectivity index (χ1n) is 8.81. The van der Waals surface area contributed by atoms with E-state index in [1.165, 1.54) is 11.3 Å². The van der Waals surface area contributed by atoms with Crippen LogP contribution in [0.1, 0.15) is 16.1 Å². The Morgan fingerprint density at radius 3 is 2.79 bits per heavy atom. The van der Waals surface area contributed by atoms with Crippen LogP contribution in [0.25, 0.3) is 15.3 Å². The van der Waals surface area contributed by atoms with Gasteiger partial charge in [0, 0.05) is 11.6 Å². The van der Waals surface area contributed by atoms with Crippen molar-refractivity contribution in [1.29, 1.82) is 0 Å². The number of carbonyl (C=O) groups excluding carboxylic acids is 1. The second kappa shape index (κ2) is 6.65. The van der Waals surface area contributed by atoms with Gasteiger partial charge >= 0.3 is 0 Å². The largest absolute Gasteiger partial charge is 0.486 e. The molecule has 7 nitrogen and oxygen atoms in total. The van der Waals surface area contributed by atoms with Crippen LogP contribution in [0.2, 0.25) is 0 Å². The number of aromatic nitrogens is 3. The summed E-state index contributed by atoms with van der Waals surface area (Å²) >= 11 is 1.52. The number of hydrogen-bond acceptors (Lipinski definition) is 6. The van der Waals surface area contributed by atoms with E-state index in [1.54, 1.807) is 22.9 Å². The summed E-state index contributed by atoms with van der Waals surface area (Å²) in [7, 11) is 0. The third-order valence-electron chi connectivity index (χ3n) is 4.34. The molecule has 8 heteroatoms. The first-order chi connectivity index (χ1) is 13.7. The Hall–Kier alpha value is -3.39. The minimum Gasteiger partial charge on any atom is -0.486 e. The summed E-state index contributed by atoms with van der Waals surface area (Å²) in [4.78, 5) is 17.4. The Kier molecular flexibility index (Phi) is 3.98. The molecule has 5 rings (SSSR count). The molecule has 0 saturated heterocycles. The number of hydrogen-bond donors (Lipinski definition) is 1. The highest BCUT2D eigenvalue weighted by molar-refractivity contribution is 7.20. The van der Waals surface area contributed by atoms with Gasteiger partial charge in [0.2, 0.25) is 5.13 Å². The average Bonchev–Trinajstić information content (AvgIpc) is 3.30. The molecule has 0 radical (unpaired) electrons. The van der Waals surface area contributed by atoms with Crippen LogP contribution < -0.4 is 14.8 Å². The number of ether oxygens (including phenoxy) is 2. The van der Waals surface area contributed by atoms with Gasteiger partial charge in [0.25, 0.3) is 5.91 Å². The van der Waals surface area contributed by atoms with E-state index < -0.39 is 0 Å². The van der Waals surface area contributed by atoms with E-state index >= 15 is 0 Å². The minimum absolute atomic E-state index is 0.251. The Morgan fingerprint density at radius 1 is 1.11 bits per heavy atom. The zero-order valence-corrected chi connectivity index (χ0v) is 15.8. The van der Waals surface area contributed by atoms with E-state index in [-0.39, 0.29) is 5.91 Å². The molecule has 1 aliphatic heterocycles. The second-order valence-corrected chi connectivity index (χ2v) is 7.37. The van der Waals surface area contributed by atoms with Crippen LogP contribution in [0.3, 0.4) is 0 Å². The van der Waals surface area contributed by atoms with Crippen LogP contribution in [0.4, 0.5) is 5.82 Å². The molecule has 1 N–H and O–H groups in total. The van der Waals surface area contributed by atoms with E-state index in [4.69, 9.17) is 9.47 Å². The summed E-state index contributed by atoms with van der Waals surface area (Å²) in [6.07, 6.45) is 0. The lowest BCUT2D eigenvalue weighted by Gasteiger charge is -2.18. The topological polar surface area (TPSA) is 78.3 Å². The lowest BCUT2D eigenvalue weighted by atomic mass is 10.2. The third kappa shape index (κ3) is 2.97. The fourth-order valence-corrected chi connectivity index (χ4v) is 3.99. The highest BCUT2D eigenvalue weighted by Crippen LogP contribution is 2.31. The molecule has 1 amide bonds. The van der Waals surface area contributed by atoms with Crippen molar-refractivity contribution in [2.75, 3.05) is 18.5 Å². The standard InChI is InChI=1S/C20H16N4O3S/c1-12-10-18(24(23-12)20-21-14-4-2-3-5-17(14)28-20)22-19(25)13-6-7-15-16(11-13)27-9-8-26-15/h2-7,10-11H,8-9H2,1H3,(H,22,25). The first kappa shape index (κ1) is 16.8. The molecule has 3 heterocycles. The molecule has 4 aromatic rings. The van der Waals surface area contributed by atoms with Gasteiger partial charge in [0.1, 0.15) is 19.0 Å². The quantitative estimate of drug-likeness (QED) is 0.574. The highest BCUT2D eigenvalue weighted by atomic mass is 32.1. The second-order valence-electron chi connectivity index (χ2n) is 6.36. The number of nitrogens with one attached hydrogen (secondary N) is 1. The maximum absolute atomic E-state index is 12.8. The Bertz CT molecular complexity index is 1160. The molecular formula is C20H16N4O3S. The van der Waals surface area contributed by atoms with Gasteiger partial charge in [0.15, 0.2) is 11.5 Å². The molecule has 0 atom stereocenters. The number of rotatable bonds is 3. The van der Waals surface area contributed by atoms with Crippen molar-refractivity contribution in [3.05, 3.63) is 59.8 Å². The smallest absolute Gasteiger partial charge is 0.256 e. The van der Waals surface area contributed by atoms with Crippen LogP contribution in [-0.4, -0.2) is 33.9 Å². The maximum Gasteiger partial charge on any atom is 0.256 e. The van der Waals surface area contributed by atoms with Gasteiger partial charge in [-0.05, 0) is 37.3 Å². The fourth-order valence-electron chi connectivity index (χ4n) is 3.06. The molecule has 28 heavy (non-hydrogen) atoms. The van der Waals surface area contributed by atoms with Gasteiger partial charge in [-0.2, -0.15) is 9.78 Å². The third-order valence-corrected chi connectivity index (χ3v) is 5.35. The SMILES string of the molecule is Cc1cc(NC(=O)c2ccc3c(c2)OCCO3)n(-c2nc3ccccc3s2)n1. The predicted octanol–water partition coefficient (Wildman–Crippen LogP) is 3.81. The van der Waals surface area contributed by atoms with Gasteiger partial charge in [-0.1, -0.05) is 23.5 Å². The molecule has 0 aliphatic carbocycles. The van der Waals surface area contributed by atoms with Crippen LogP contribution in [-0.2, 0) is 0 Å². The van der Waals surface area contributed by atoms with Gasteiger partial charge in [-0.25, -0.2) is 4.98 Å². The van der Waals surface area contributed by atoms with Crippen molar-refractivity contribution in [3.8, 4) is 16.6 Å². The van der Waals surface area contributed by atoms with Crippen LogP contribution in [0.15, 0.2) is 48.5 Å². The molecule has 1 aliphatic rings. The summed E-state index contributed by atoms with van der Waals surface area (Å²) in [5.74, 6) is 1.55. The zero-order valence-electron chi connectivity index (χ0n) is 15.0. The fraction of sp³-hybridized carbons (Fsp3) is 0.150. The van der Waals surface area contributed by atoms with Crippen molar-refractivity contribution in [3.63, 3.8) is 0 Å². The first-order valence-corrected chi connectivity index (χ1v) is 9.63. The van der Waals surface area contributed by atoms with Crippen LogP contribution >= 0.6 is 11.3 Å². The monoisotopic (exact) mass is 392 g/mol. The van der Waals surface area contributed by atoms with Gasteiger partial charge < -0.3 is 14.8 Å². The summed E-state index contributed by atoms with van der Waals surface area (Å²) in [6.45, 7) is 2.87. The summed E-state index contributed by atoms with van der Waals surface area (Å²) < 4.78 is 13.8. The average molecular weight is 392 g/mol. The minimum atomic E-state index is -0.251. The molecule has 140 valence electrons. The number of fused-ring (bicyclic) bond motifs is 2. The molecule has 2 aromatic carbocycles. The number of benzene rings is 2. The van der Waals surface area contributed by atoms with Crippen molar-refractivity contribution >= 4 is 33.3 Å². The summed E-state index contributed by atoms with van der Waals surface area (Å²) in [5.41, 5.74) is 2.18. The molecule has 2 aromatic heterocycles. The zero-order chi connectivity index (χ0) is 19.1. The van der Waals surface area contributed by atoms with E-state index in [2.05, 4.69) is 15.4 Å². The van der Waals surface area contributed by atoms with Crippen LogP contribution in [0.5, 0.6) is 11.5 Å². The number of thiazole rings is 1. The predicted molar refractivity (Wildman–Crippen MR) is 107 cm³/mol. The number of amides is 1. The van der Waals surface area contributed by atoms with Crippen molar-refractivity contribution in [2.45, 2.75) is 6.92 Å². The Labute approximate surface area is 164 Å². The van der Waals surface area contributed by atoms with Gasteiger partial charge in [-0.3, -0.25) is 4.79 Å². The van der Waals surface area contributed by atoms with Crippen molar-refractivity contribution in [1.82, 2.24) is 14.8 Å². The lowest BCUT2D eigenvalue weighted by molar-refractivity contribution is 0.102. The van der Waals surface area contributed by atoms with E-state index in [0.717, 1.165) is 15.9 Å². The molecule has 0 bridgehead atoms. The Balaban J connectivity index is 1.46. The molecule has 0 spiro atoms. The molecule has 0 fully saturated rings. The van der Waals surface area contributed by atoms with Gasteiger partial charge in [0.05, 0.1) is 15.9 Å². The lowest BCUT2D eigenvalue weighted by Crippen LogP contribution is -2.18. The summed E-state index contributed by atoms with van der Waals surface area (Å²) in [6, 6.07) is 14.9. The van der Waals surface area contributed by atoms with Crippen LogP contribution in [0, 0.1) is 6.92 Å². The van der Waals surface area contributed by atoms with Crippen molar-refractivity contribution in [2.24, 2.45) is 0 Å². The summed E-state index contributed by atoms with van der Waals surface area (Å²) in [5, 5.41) is 8.13. The number of aryl methyl sites for hydroxylation is 1. The van der Waals surface area contributed by atoms with E-state index in [0.29, 0.717) is 41.2 Å². The molecule has 0 unspecified atom stereocenters. The van der Waals surface area contributed by atoms with Crippen molar-refractivity contribution < 1.29 is 14.3 Å². The van der Waals surface area contributed by atoms with E-state index in [1.807, 2.05) is 37.3 Å². The highest BCUT2D eigenvalue weighted by Gasteiger charge is 2.18. The maximum atomic E-state index is 12.8. The number of nitrogens with zero attached hydrogens (tertiary/aromatic N) is 3. The molecular weight excluding hydrogens is 376 g/mol. The van der Waals surface area contributed by atoms with E-state index in [9.17, 15) is 4.79 Å². The number of para-hydroxylation sites is 1.